The summed E-state index contributed by atoms with van der Waals surface area (Å²) in [7, 11) is 2.36. The van der Waals surface area contributed by atoms with Crippen LogP contribution >= 0.6 is 9.39 Å². The summed E-state index contributed by atoms with van der Waals surface area (Å²) in [5, 5.41) is 2.75. The largest absolute Gasteiger partial charge is 0.376 e. The van der Waals surface area contributed by atoms with Crippen LogP contribution in [-0.2, 0) is 0 Å². The first-order valence-corrected chi connectivity index (χ1v) is 2.07. The van der Waals surface area contributed by atoms with E-state index in [1.807, 2.05) is 19.2 Å². The van der Waals surface area contributed by atoms with Gasteiger partial charge in [-0.25, -0.2) is 0 Å². The Hall–Kier alpha value is -0.0300. The molecule has 0 rings (SSSR count). The lowest BCUT2D eigenvalue weighted by atomic mass is 10.7. The molecular formula is C3H8NP. The van der Waals surface area contributed by atoms with E-state index in [4.69, 9.17) is 0 Å². The Kier molecular flexibility index (Phi) is 3.95. The van der Waals surface area contributed by atoms with Crippen molar-refractivity contribution in [1.82, 2.24) is 5.09 Å². The van der Waals surface area contributed by atoms with Crippen LogP contribution in [-0.4, -0.2) is 0 Å². The molecule has 0 aliphatic rings. The van der Waals surface area contributed by atoms with Crippen molar-refractivity contribution in [3.05, 3.63) is 12.3 Å². The van der Waals surface area contributed by atoms with E-state index >= 15 is 0 Å². The van der Waals surface area contributed by atoms with Crippen LogP contribution in [0.2, 0.25) is 0 Å². The highest BCUT2D eigenvalue weighted by atomic mass is 31.0. The van der Waals surface area contributed by atoms with Gasteiger partial charge >= 0.3 is 0 Å². The molecule has 0 aliphatic heterocycles. The van der Waals surface area contributed by atoms with Crippen molar-refractivity contribution in [3.63, 3.8) is 0 Å². The molecule has 1 atom stereocenters. The highest BCUT2D eigenvalue weighted by molar-refractivity contribution is 7.13. The molecular weight excluding hydrogens is 81.0 g/mol. The molecule has 0 heterocycles. The maximum absolute atomic E-state index is 2.75. The van der Waals surface area contributed by atoms with Gasteiger partial charge in [0.25, 0.3) is 0 Å². The van der Waals surface area contributed by atoms with Crippen molar-refractivity contribution in [3.8, 4) is 0 Å². The van der Waals surface area contributed by atoms with Crippen LogP contribution in [0.25, 0.3) is 0 Å². The van der Waals surface area contributed by atoms with Crippen LogP contribution in [0.5, 0.6) is 0 Å². The highest BCUT2D eigenvalue weighted by Crippen LogP contribution is 1.66. The van der Waals surface area contributed by atoms with Gasteiger partial charge in [-0.3, -0.25) is 0 Å². The van der Waals surface area contributed by atoms with Crippen LogP contribution in [0.4, 0.5) is 0 Å². The van der Waals surface area contributed by atoms with Gasteiger partial charge in [0.05, 0.1) is 0 Å². The molecule has 0 amide bonds. The van der Waals surface area contributed by atoms with Gasteiger partial charge in [0.15, 0.2) is 0 Å². The van der Waals surface area contributed by atoms with Crippen molar-refractivity contribution in [2.45, 2.75) is 6.92 Å². The van der Waals surface area contributed by atoms with Gasteiger partial charge in [-0.2, -0.15) is 0 Å². The molecule has 1 unspecified atom stereocenters. The third-order valence-corrected chi connectivity index (χ3v) is 0.455. The Balaban J connectivity index is 2.62. The molecule has 2 heteroatoms. The molecule has 0 saturated heterocycles. The highest BCUT2D eigenvalue weighted by Gasteiger charge is 1.45. The summed E-state index contributed by atoms with van der Waals surface area (Å²) in [5.74, 6) is 0. The average Bonchev–Trinajstić information content (AvgIpc) is 1.41. The number of hydrogen-bond acceptors (Lipinski definition) is 1. The molecule has 0 aromatic carbocycles. The third-order valence-electron chi connectivity index (χ3n) is 0.263. The molecule has 30 valence electrons. The van der Waals surface area contributed by atoms with E-state index in [2.05, 4.69) is 14.5 Å². The average molecular weight is 89.1 g/mol. The SMILES string of the molecule is C/C=C/NP. The van der Waals surface area contributed by atoms with Crippen molar-refractivity contribution in [2.75, 3.05) is 0 Å². The number of rotatable bonds is 1. The fraction of sp³-hybridized carbons (Fsp3) is 0.333. The predicted octanol–water partition coefficient (Wildman–Crippen LogP) is 0.900. The molecule has 0 aliphatic carbocycles. The Morgan fingerprint density at radius 2 is 2.40 bits per heavy atom. The summed E-state index contributed by atoms with van der Waals surface area (Å²) in [6.07, 6.45) is 3.76. The summed E-state index contributed by atoms with van der Waals surface area (Å²) in [6, 6.07) is 0. The second-order valence-corrected chi connectivity index (χ2v) is 1.00. The summed E-state index contributed by atoms with van der Waals surface area (Å²) in [4.78, 5) is 0. The van der Waals surface area contributed by atoms with Crippen LogP contribution < -0.4 is 5.09 Å². The first-order chi connectivity index (χ1) is 2.41. The minimum atomic E-state index is 1.84. The summed E-state index contributed by atoms with van der Waals surface area (Å²) >= 11 is 0. The van der Waals surface area contributed by atoms with Crippen LogP contribution in [0.3, 0.4) is 0 Å². The second-order valence-electron chi connectivity index (χ2n) is 0.667. The van der Waals surface area contributed by atoms with Gasteiger partial charge in [-0.15, -0.1) is 0 Å². The van der Waals surface area contributed by atoms with Gasteiger partial charge < -0.3 is 5.09 Å². The second kappa shape index (κ2) is 3.97. The molecule has 5 heavy (non-hydrogen) atoms. The lowest BCUT2D eigenvalue weighted by Gasteiger charge is -1.74. The zero-order chi connectivity index (χ0) is 4.12. The summed E-state index contributed by atoms with van der Waals surface area (Å²) < 4.78 is 0. The van der Waals surface area contributed by atoms with E-state index < -0.39 is 0 Å². The Labute approximate surface area is 34.7 Å². The lowest BCUT2D eigenvalue weighted by molar-refractivity contribution is 1.40. The molecule has 0 radical (unpaired) electrons. The number of nitrogens with one attached hydrogen (secondary N) is 1. The molecule has 1 N–H and O–H groups in total. The fourth-order valence-electron chi connectivity index (χ4n) is 0.0962. The van der Waals surface area contributed by atoms with E-state index in [-0.39, 0.29) is 0 Å². The quantitative estimate of drug-likeness (QED) is 0.470. The van der Waals surface area contributed by atoms with Crippen molar-refractivity contribution in [1.29, 1.82) is 0 Å². The standard InChI is InChI=1S/C3H8NP/c1-2-3-4-5/h2-4H,5H2,1H3/b3-2+. The van der Waals surface area contributed by atoms with Crippen LogP contribution in [0, 0.1) is 0 Å². The molecule has 0 aromatic rings. The molecule has 0 bridgehead atoms. The van der Waals surface area contributed by atoms with Crippen molar-refractivity contribution >= 4 is 9.39 Å². The third kappa shape index (κ3) is 3.97. The first-order valence-electron chi connectivity index (χ1n) is 1.49. The molecule has 0 aromatic heterocycles. The normalized spacial score (nSPS) is 9.20. The zero-order valence-corrected chi connectivity index (χ0v) is 4.39. The number of allylic oxidation sites excluding steroid dienone is 1. The van der Waals surface area contributed by atoms with E-state index in [0.717, 1.165) is 0 Å². The lowest BCUT2D eigenvalue weighted by Crippen LogP contribution is -1.74. The van der Waals surface area contributed by atoms with Gasteiger partial charge in [0.2, 0.25) is 0 Å². The predicted molar refractivity (Wildman–Crippen MR) is 27.7 cm³/mol. The number of hydrogen-bond donors (Lipinski definition) is 1. The monoisotopic (exact) mass is 89.0 g/mol. The van der Waals surface area contributed by atoms with E-state index in [1.54, 1.807) is 0 Å². The van der Waals surface area contributed by atoms with E-state index in [9.17, 15) is 0 Å². The molecule has 1 nitrogen and oxygen atoms in total. The van der Waals surface area contributed by atoms with Gasteiger partial charge in [-0.05, 0) is 22.5 Å². The van der Waals surface area contributed by atoms with Crippen LogP contribution in [0.15, 0.2) is 12.3 Å². The van der Waals surface area contributed by atoms with Crippen molar-refractivity contribution in [2.24, 2.45) is 0 Å². The van der Waals surface area contributed by atoms with Crippen LogP contribution in [0.1, 0.15) is 6.92 Å². The summed E-state index contributed by atoms with van der Waals surface area (Å²) in [6.45, 7) is 1.96. The first kappa shape index (κ1) is 4.97. The minimum absolute atomic E-state index is 1.84. The Morgan fingerprint density at radius 3 is 2.40 bits per heavy atom. The summed E-state index contributed by atoms with van der Waals surface area (Å²) in [5.41, 5.74) is 0. The van der Waals surface area contributed by atoms with Gasteiger partial charge in [0.1, 0.15) is 0 Å². The maximum Gasteiger partial charge on any atom is -0.00505 e. The van der Waals surface area contributed by atoms with E-state index in [0.29, 0.717) is 0 Å². The molecule has 0 fully saturated rings. The maximum atomic E-state index is 2.75. The fourth-order valence-corrected chi connectivity index (χ4v) is 0.289. The topological polar surface area (TPSA) is 12.0 Å². The van der Waals surface area contributed by atoms with Crippen molar-refractivity contribution < 1.29 is 0 Å². The van der Waals surface area contributed by atoms with E-state index in [1.165, 1.54) is 0 Å². The van der Waals surface area contributed by atoms with Gasteiger partial charge in [-0.1, -0.05) is 6.08 Å². The molecule has 0 saturated carbocycles. The Morgan fingerprint density at radius 1 is 1.80 bits per heavy atom. The smallest absolute Gasteiger partial charge is 0.00505 e. The zero-order valence-electron chi connectivity index (χ0n) is 3.23. The Bertz CT molecular complexity index is 33.9. The molecule has 0 spiro atoms. The minimum Gasteiger partial charge on any atom is -0.376 e. The van der Waals surface area contributed by atoms with Gasteiger partial charge in [0, 0.05) is 0 Å².